The lowest BCUT2D eigenvalue weighted by molar-refractivity contribution is 0.251. The van der Waals surface area contributed by atoms with Crippen LogP contribution in [-0.2, 0) is 6.54 Å². The van der Waals surface area contributed by atoms with Crippen LogP contribution < -0.4 is 10.6 Å². The highest BCUT2D eigenvalue weighted by Crippen LogP contribution is 2.22. The minimum atomic E-state index is -0.262. The first-order chi connectivity index (χ1) is 10.8. The quantitative estimate of drug-likeness (QED) is 0.754. The van der Waals surface area contributed by atoms with Crippen LogP contribution in [0.4, 0.5) is 10.5 Å². The Morgan fingerprint density at radius 3 is 2.50 bits per heavy atom. The van der Waals surface area contributed by atoms with Gasteiger partial charge in [-0.3, -0.25) is 0 Å². The van der Waals surface area contributed by atoms with Crippen molar-refractivity contribution in [3.63, 3.8) is 0 Å². The molecule has 0 aliphatic carbocycles. The fourth-order valence-electron chi connectivity index (χ4n) is 2.16. The Labute approximate surface area is 128 Å². The van der Waals surface area contributed by atoms with Crippen LogP contribution in [0.25, 0.3) is 11.1 Å². The van der Waals surface area contributed by atoms with Crippen LogP contribution in [-0.4, -0.2) is 6.03 Å². The van der Waals surface area contributed by atoms with Gasteiger partial charge in [-0.1, -0.05) is 42.5 Å². The summed E-state index contributed by atoms with van der Waals surface area (Å²) in [6, 6.07) is 21.1. The SMILES string of the molecule is O=C(NCc1ccco1)Nc1cccc(-c2ccccc2)c1. The molecule has 22 heavy (non-hydrogen) atoms. The summed E-state index contributed by atoms with van der Waals surface area (Å²) in [4.78, 5) is 11.9. The average molecular weight is 292 g/mol. The molecule has 3 aromatic rings. The molecule has 110 valence electrons. The van der Waals surface area contributed by atoms with Crippen LogP contribution in [0, 0.1) is 0 Å². The predicted octanol–water partition coefficient (Wildman–Crippen LogP) is 4.27. The van der Waals surface area contributed by atoms with Crippen molar-refractivity contribution >= 4 is 11.7 Å². The number of anilines is 1. The van der Waals surface area contributed by atoms with Crippen molar-refractivity contribution in [2.75, 3.05) is 5.32 Å². The maximum Gasteiger partial charge on any atom is 0.319 e. The van der Waals surface area contributed by atoms with E-state index < -0.39 is 0 Å². The molecule has 2 aromatic carbocycles. The number of furan rings is 1. The lowest BCUT2D eigenvalue weighted by atomic mass is 10.1. The molecule has 2 amide bonds. The van der Waals surface area contributed by atoms with Crippen molar-refractivity contribution in [3.05, 3.63) is 78.8 Å². The first kappa shape index (κ1) is 13.9. The molecule has 4 nitrogen and oxygen atoms in total. The van der Waals surface area contributed by atoms with E-state index in [0.29, 0.717) is 12.3 Å². The topological polar surface area (TPSA) is 54.3 Å². The molecular weight excluding hydrogens is 276 g/mol. The first-order valence-corrected chi connectivity index (χ1v) is 7.04. The maximum absolute atomic E-state index is 11.9. The van der Waals surface area contributed by atoms with Crippen molar-refractivity contribution in [2.45, 2.75) is 6.54 Å². The molecule has 4 heteroatoms. The van der Waals surface area contributed by atoms with E-state index in [1.165, 1.54) is 0 Å². The van der Waals surface area contributed by atoms with Crippen LogP contribution >= 0.6 is 0 Å². The van der Waals surface area contributed by atoms with Gasteiger partial charge in [0.25, 0.3) is 0 Å². The van der Waals surface area contributed by atoms with E-state index in [4.69, 9.17) is 4.42 Å². The molecule has 2 N–H and O–H groups in total. The van der Waals surface area contributed by atoms with Crippen LogP contribution in [0.15, 0.2) is 77.4 Å². The monoisotopic (exact) mass is 292 g/mol. The fourth-order valence-corrected chi connectivity index (χ4v) is 2.16. The standard InChI is InChI=1S/C18H16N2O2/c21-18(19-13-17-10-5-11-22-17)20-16-9-4-8-15(12-16)14-6-2-1-3-7-14/h1-12H,13H2,(H2,19,20,21). The van der Waals surface area contributed by atoms with E-state index in [1.807, 2.05) is 60.7 Å². The molecule has 0 atom stereocenters. The van der Waals surface area contributed by atoms with Gasteiger partial charge < -0.3 is 15.1 Å². The van der Waals surface area contributed by atoms with Crippen LogP contribution in [0.5, 0.6) is 0 Å². The van der Waals surface area contributed by atoms with Gasteiger partial charge in [-0.2, -0.15) is 0 Å². The lowest BCUT2D eigenvalue weighted by Gasteiger charge is -2.08. The highest BCUT2D eigenvalue weighted by molar-refractivity contribution is 5.90. The summed E-state index contributed by atoms with van der Waals surface area (Å²) < 4.78 is 5.17. The number of hydrogen-bond acceptors (Lipinski definition) is 2. The van der Waals surface area contributed by atoms with E-state index in [-0.39, 0.29) is 6.03 Å². The third-order valence-corrected chi connectivity index (χ3v) is 3.23. The molecular formula is C18H16N2O2. The second-order valence-electron chi connectivity index (χ2n) is 4.83. The van der Waals surface area contributed by atoms with E-state index in [2.05, 4.69) is 10.6 Å². The van der Waals surface area contributed by atoms with E-state index in [9.17, 15) is 4.79 Å². The molecule has 1 aromatic heterocycles. The van der Waals surface area contributed by atoms with Crippen LogP contribution in [0.2, 0.25) is 0 Å². The first-order valence-electron chi connectivity index (χ1n) is 7.04. The van der Waals surface area contributed by atoms with Gasteiger partial charge in [-0.05, 0) is 35.4 Å². The molecule has 0 fully saturated rings. The minimum absolute atomic E-state index is 0.262. The van der Waals surface area contributed by atoms with Gasteiger partial charge in [0.05, 0.1) is 12.8 Å². The molecule has 1 heterocycles. The summed E-state index contributed by atoms with van der Waals surface area (Å²) in [6.07, 6.45) is 1.58. The van der Waals surface area contributed by atoms with Crippen LogP contribution in [0.1, 0.15) is 5.76 Å². The van der Waals surface area contributed by atoms with E-state index >= 15 is 0 Å². The van der Waals surface area contributed by atoms with Gasteiger partial charge in [0.1, 0.15) is 5.76 Å². The van der Waals surface area contributed by atoms with Crippen molar-refractivity contribution in [2.24, 2.45) is 0 Å². The molecule has 3 rings (SSSR count). The summed E-state index contributed by atoms with van der Waals surface area (Å²) in [5.74, 6) is 0.716. The highest BCUT2D eigenvalue weighted by Gasteiger charge is 2.04. The zero-order valence-electron chi connectivity index (χ0n) is 12.0. The van der Waals surface area contributed by atoms with Crippen molar-refractivity contribution < 1.29 is 9.21 Å². The molecule has 0 bridgehead atoms. The Balaban J connectivity index is 1.64. The normalized spacial score (nSPS) is 10.2. The maximum atomic E-state index is 11.9. The number of benzene rings is 2. The lowest BCUT2D eigenvalue weighted by Crippen LogP contribution is -2.27. The number of urea groups is 1. The Bertz CT molecular complexity index is 737. The summed E-state index contributed by atoms with van der Waals surface area (Å²) in [6.45, 7) is 0.358. The van der Waals surface area contributed by atoms with Crippen molar-refractivity contribution in [1.29, 1.82) is 0 Å². The number of nitrogens with one attached hydrogen (secondary N) is 2. The van der Waals surface area contributed by atoms with Gasteiger partial charge in [-0.25, -0.2) is 4.79 Å². The van der Waals surface area contributed by atoms with Gasteiger partial charge >= 0.3 is 6.03 Å². The van der Waals surface area contributed by atoms with Gasteiger partial charge in [0, 0.05) is 5.69 Å². The molecule has 0 radical (unpaired) electrons. The second-order valence-corrected chi connectivity index (χ2v) is 4.83. The summed E-state index contributed by atoms with van der Waals surface area (Å²) in [5, 5.41) is 5.57. The highest BCUT2D eigenvalue weighted by atomic mass is 16.3. The Morgan fingerprint density at radius 2 is 1.73 bits per heavy atom. The predicted molar refractivity (Wildman–Crippen MR) is 86.4 cm³/mol. The van der Waals surface area contributed by atoms with Gasteiger partial charge in [-0.15, -0.1) is 0 Å². The number of rotatable bonds is 4. The fraction of sp³-hybridized carbons (Fsp3) is 0.0556. The number of amides is 2. The minimum Gasteiger partial charge on any atom is -0.467 e. The third kappa shape index (κ3) is 3.55. The molecule has 0 saturated heterocycles. The Hall–Kier alpha value is -3.01. The zero-order chi connectivity index (χ0) is 15.2. The number of hydrogen-bond donors (Lipinski definition) is 2. The summed E-state index contributed by atoms with van der Waals surface area (Å²) in [7, 11) is 0. The third-order valence-electron chi connectivity index (χ3n) is 3.23. The smallest absolute Gasteiger partial charge is 0.319 e. The van der Waals surface area contributed by atoms with Crippen molar-refractivity contribution in [3.8, 4) is 11.1 Å². The second kappa shape index (κ2) is 6.63. The van der Waals surface area contributed by atoms with E-state index in [1.54, 1.807) is 12.3 Å². The molecule has 0 unspecified atom stereocenters. The van der Waals surface area contributed by atoms with Gasteiger partial charge in [0.15, 0.2) is 0 Å². The molecule has 0 saturated carbocycles. The average Bonchev–Trinajstić information content (AvgIpc) is 3.08. The Kier molecular flexibility index (Phi) is 4.20. The molecule has 0 aliphatic heterocycles. The molecule has 0 aliphatic rings. The van der Waals surface area contributed by atoms with Crippen LogP contribution in [0.3, 0.4) is 0 Å². The number of carbonyl (C=O) groups excluding carboxylic acids is 1. The molecule has 0 spiro atoms. The largest absolute Gasteiger partial charge is 0.467 e. The summed E-state index contributed by atoms with van der Waals surface area (Å²) >= 11 is 0. The number of carbonyl (C=O) groups is 1. The van der Waals surface area contributed by atoms with Crippen molar-refractivity contribution in [1.82, 2.24) is 5.32 Å². The van der Waals surface area contributed by atoms with Gasteiger partial charge in [0.2, 0.25) is 0 Å². The van der Waals surface area contributed by atoms with E-state index in [0.717, 1.165) is 16.8 Å². The Morgan fingerprint density at radius 1 is 0.909 bits per heavy atom. The summed E-state index contributed by atoms with van der Waals surface area (Å²) in [5.41, 5.74) is 2.92. The zero-order valence-corrected chi connectivity index (χ0v) is 12.0.